The van der Waals surface area contributed by atoms with Crippen LogP contribution in [-0.2, 0) is 0 Å². The van der Waals surface area contributed by atoms with Crippen LogP contribution >= 0.6 is 27.3 Å². The summed E-state index contributed by atoms with van der Waals surface area (Å²) in [7, 11) is 0. The van der Waals surface area contributed by atoms with Crippen molar-refractivity contribution in [2.75, 3.05) is 5.32 Å². The molecule has 0 radical (unpaired) electrons. The third-order valence-corrected chi connectivity index (χ3v) is 5.97. The summed E-state index contributed by atoms with van der Waals surface area (Å²) in [5, 5.41) is 13.4. The molecular formula is C20H11BrF2N2O4S. The van der Waals surface area contributed by atoms with Gasteiger partial charge in [-0.3, -0.25) is 4.79 Å². The Balaban J connectivity index is 1.73. The van der Waals surface area contributed by atoms with Crippen molar-refractivity contribution in [1.82, 2.24) is 4.98 Å². The maximum Gasteiger partial charge on any atom is 0.339 e. The molecule has 0 bridgehead atoms. The van der Waals surface area contributed by atoms with Crippen LogP contribution in [0.3, 0.4) is 0 Å². The number of carboxylic acids is 1. The number of oxazole rings is 1. The molecule has 2 aromatic heterocycles. The van der Waals surface area contributed by atoms with Crippen LogP contribution in [0.25, 0.3) is 21.5 Å². The Morgan fingerprint density at radius 1 is 1.20 bits per heavy atom. The Morgan fingerprint density at radius 3 is 2.67 bits per heavy atom. The van der Waals surface area contributed by atoms with Gasteiger partial charge in [-0.25, -0.2) is 18.6 Å². The quantitative estimate of drug-likeness (QED) is 0.372. The topological polar surface area (TPSA) is 92.4 Å². The van der Waals surface area contributed by atoms with Crippen LogP contribution in [0.1, 0.15) is 26.6 Å². The number of halogens is 3. The van der Waals surface area contributed by atoms with Crippen LogP contribution in [0.15, 0.2) is 44.6 Å². The normalized spacial score (nSPS) is 11.1. The maximum absolute atomic E-state index is 14.4. The first-order valence-corrected chi connectivity index (χ1v) is 10.1. The van der Waals surface area contributed by atoms with E-state index in [-0.39, 0.29) is 33.1 Å². The van der Waals surface area contributed by atoms with Gasteiger partial charge in [0, 0.05) is 10.9 Å². The number of thiophene rings is 1. The Morgan fingerprint density at radius 2 is 1.97 bits per heavy atom. The van der Waals surface area contributed by atoms with E-state index < -0.39 is 23.5 Å². The van der Waals surface area contributed by atoms with Crippen LogP contribution in [-0.4, -0.2) is 22.0 Å². The highest BCUT2D eigenvalue weighted by atomic mass is 79.9. The van der Waals surface area contributed by atoms with Gasteiger partial charge in [0.05, 0.1) is 15.0 Å². The fourth-order valence-electron chi connectivity index (χ4n) is 2.87. The number of rotatable bonds is 4. The molecule has 0 saturated carbocycles. The zero-order valence-corrected chi connectivity index (χ0v) is 17.5. The van der Waals surface area contributed by atoms with Crippen LogP contribution < -0.4 is 5.32 Å². The Hall–Kier alpha value is -3.11. The van der Waals surface area contributed by atoms with Crippen molar-refractivity contribution < 1.29 is 27.9 Å². The second-order valence-electron chi connectivity index (χ2n) is 6.28. The van der Waals surface area contributed by atoms with Gasteiger partial charge in [0.15, 0.2) is 17.2 Å². The molecule has 10 heteroatoms. The fraction of sp³-hybridized carbons (Fsp3) is 0.0500. The van der Waals surface area contributed by atoms with Gasteiger partial charge in [-0.15, -0.1) is 11.3 Å². The van der Waals surface area contributed by atoms with Gasteiger partial charge in [-0.1, -0.05) is 18.2 Å². The monoisotopic (exact) mass is 492 g/mol. The average Bonchev–Trinajstić information content (AvgIpc) is 3.31. The number of anilines is 1. The molecule has 0 aliphatic rings. The second-order valence-corrected chi connectivity index (χ2v) is 8.01. The Bertz CT molecular complexity index is 1330. The second kappa shape index (κ2) is 7.62. The third-order valence-electron chi connectivity index (χ3n) is 4.33. The number of amides is 1. The number of carboxylic acid groups (broad SMARTS) is 1. The smallest absolute Gasteiger partial charge is 0.339 e. The summed E-state index contributed by atoms with van der Waals surface area (Å²) in [6, 6.07) is 7.75. The highest BCUT2D eigenvalue weighted by molar-refractivity contribution is 9.10. The van der Waals surface area contributed by atoms with Crippen molar-refractivity contribution in [1.29, 1.82) is 0 Å². The lowest BCUT2D eigenvalue weighted by Gasteiger charge is -2.07. The van der Waals surface area contributed by atoms with Crippen LogP contribution in [0.4, 0.5) is 14.5 Å². The number of nitrogens with one attached hydrogen (secondary N) is 1. The number of aryl methyl sites for hydroxylation is 1. The molecule has 0 fully saturated rings. The van der Waals surface area contributed by atoms with Gasteiger partial charge >= 0.3 is 11.9 Å². The van der Waals surface area contributed by atoms with E-state index in [1.807, 2.05) is 0 Å². The number of aromatic nitrogens is 1. The number of carbonyl (C=O) groups excluding carboxylic acids is 1. The van der Waals surface area contributed by atoms with E-state index in [1.54, 1.807) is 18.2 Å². The van der Waals surface area contributed by atoms with Gasteiger partial charge in [-0.2, -0.15) is 0 Å². The molecule has 0 atom stereocenters. The van der Waals surface area contributed by atoms with Gasteiger partial charge in [-0.05, 0) is 40.5 Å². The number of carbonyl (C=O) groups is 2. The van der Waals surface area contributed by atoms with E-state index in [1.165, 1.54) is 24.4 Å². The lowest BCUT2D eigenvalue weighted by Crippen LogP contribution is -2.14. The molecule has 0 aliphatic carbocycles. The minimum Gasteiger partial charge on any atom is -0.478 e. The van der Waals surface area contributed by atoms with Gasteiger partial charge in [0.2, 0.25) is 0 Å². The summed E-state index contributed by atoms with van der Waals surface area (Å²) in [5.74, 6) is -4.66. The molecule has 0 aliphatic heterocycles. The molecule has 4 aromatic rings. The van der Waals surface area contributed by atoms with Gasteiger partial charge in [0.25, 0.3) is 5.89 Å². The molecule has 0 unspecified atom stereocenters. The van der Waals surface area contributed by atoms with E-state index in [2.05, 4.69) is 26.2 Å². The van der Waals surface area contributed by atoms with E-state index in [4.69, 9.17) is 4.42 Å². The van der Waals surface area contributed by atoms with Crippen molar-refractivity contribution in [3.05, 3.63) is 68.8 Å². The first-order valence-electron chi connectivity index (χ1n) is 8.44. The summed E-state index contributed by atoms with van der Waals surface area (Å²) >= 11 is 4.17. The fourth-order valence-corrected chi connectivity index (χ4v) is 4.32. The summed E-state index contributed by atoms with van der Waals surface area (Å²) < 4.78 is 34.4. The Kier molecular flexibility index (Phi) is 5.12. The van der Waals surface area contributed by atoms with Crippen molar-refractivity contribution in [3.8, 4) is 10.4 Å². The van der Waals surface area contributed by atoms with Crippen LogP contribution in [0, 0.1) is 18.6 Å². The zero-order valence-electron chi connectivity index (χ0n) is 15.1. The number of para-hydroxylation sites is 1. The molecule has 0 saturated heterocycles. The number of fused-ring (bicyclic) bond motifs is 1. The summed E-state index contributed by atoms with van der Waals surface area (Å²) in [5.41, 5.74) is 0.273. The predicted molar refractivity (Wildman–Crippen MR) is 111 cm³/mol. The van der Waals surface area contributed by atoms with Crippen molar-refractivity contribution >= 4 is 55.9 Å². The van der Waals surface area contributed by atoms with E-state index in [0.717, 1.165) is 11.3 Å². The molecular weight excluding hydrogens is 482 g/mol. The highest BCUT2D eigenvalue weighted by Gasteiger charge is 2.26. The number of aromatic carboxylic acids is 1. The highest BCUT2D eigenvalue weighted by Crippen LogP contribution is 2.38. The maximum atomic E-state index is 14.4. The Labute approximate surface area is 180 Å². The molecule has 2 N–H and O–H groups in total. The van der Waals surface area contributed by atoms with Crippen LogP contribution in [0.2, 0.25) is 0 Å². The first kappa shape index (κ1) is 20.2. The molecule has 152 valence electrons. The molecule has 1 amide bonds. The third kappa shape index (κ3) is 3.37. The van der Waals surface area contributed by atoms with E-state index >= 15 is 0 Å². The largest absolute Gasteiger partial charge is 0.478 e. The summed E-state index contributed by atoms with van der Waals surface area (Å²) in [6.07, 6.45) is 0. The molecule has 0 spiro atoms. The van der Waals surface area contributed by atoms with Crippen molar-refractivity contribution in [3.63, 3.8) is 0 Å². The lowest BCUT2D eigenvalue weighted by atomic mass is 10.1. The van der Waals surface area contributed by atoms with E-state index in [9.17, 15) is 23.5 Å². The molecule has 30 heavy (non-hydrogen) atoms. The van der Waals surface area contributed by atoms with Crippen LogP contribution in [0.5, 0.6) is 0 Å². The zero-order chi connectivity index (χ0) is 21.6. The van der Waals surface area contributed by atoms with E-state index in [0.29, 0.717) is 15.6 Å². The van der Waals surface area contributed by atoms with Crippen molar-refractivity contribution in [2.45, 2.75) is 6.92 Å². The number of nitrogens with zero attached hydrogens (tertiary/aromatic N) is 1. The number of hydrogen-bond donors (Lipinski definition) is 2. The molecule has 2 heterocycles. The minimum atomic E-state index is -1.40. The predicted octanol–water partition coefficient (Wildman–Crippen LogP) is 5.86. The minimum absolute atomic E-state index is 0.0190. The van der Waals surface area contributed by atoms with Gasteiger partial charge < -0.3 is 14.8 Å². The first-order chi connectivity index (χ1) is 14.3. The standard InChI is InChI=1S/C20H11BrF2N2O4S/c1-8-5-6-9(15(23)14(8)22)17-13(20(27)28)12(7-30-17)24-18(26)19-25-11-4-2-3-10(21)16(11)29-19/h2-7H,1H3,(H,24,26)(H,27,28). The molecule has 4 rings (SSSR count). The molecule has 2 aromatic carbocycles. The SMILES string of the molecule is Cc1ccc(-c2scc(NC(=O)c3nc4cccc(Br)c4o3)c2C(=O)O)c(F)c1F. The number of hydrogen-bond acceptors (Lipinski definition) is 5. The van der Waals surface area contributed by atoms with Crippen molar-refractivity contribution in [2.24, 2.45) is 0 Å². The van der Waals surface area contributed by atoms with Gasteiger partial charge in [0.1, 0.15) is 11.1 Å². The average molecular weight is 493 g/mol. The lowest BCUT2D eigenvalue weighted by molar-refractivity contribution is 0.0699. The summed E-state index contributed by atoms with van der Waals surface area (Å²) in [4.78, 5) is 28.5. The molecule has 6 nitrogen and oxygen atoms in total. The number of benzene rings is 2. The summed E-state index contributed by atoms with van der Waals surface area (Å²) in [6.45, 7) is 1.40.